The van der Waals surface area contributed by atoms with Crippen LogP contribution in [0.25, 0.3) is 0 Å². The summed E-state index contributed by atoms with van der Waals surface area (Å²) < 4.78 is 1.99. The minimum Gasteiger partial charge on any atom is -0.324 e. The molecule has 132 valence electrons. The highest BCUT2D eigenvalue weighted by Crippen LogP contribution is 2.43. The van der Waals surface area contributed by atoms with E-state index < -0.39 is 5.54 Å². The van der Waals surface area contributed by atoms with Gasteiger partial charge in [0.25, 0.3) is 0 Å². The number of amidine groups is 1. The van der Waals surface area contributed by atoms with Crippen LogP contribution >= 0.6 is 43.6 Å². The second kappa shape index (κ2) is 6.98. The second-order valence-electron chi connectivity index (χ2n) is 6.51. The molecule has 6 heteroatoms. The standard InChI is InChI=1S/C20H16Br2N2OS/c1-13-11-24-12-20(23-19(24)26-13,15-4-8-17(22)9-5-15)10-18(25)14-2-6-16(21)7-3-14/h2-9,11H,10,12H2,1H3. The molecule has 0 aliphatic carbocycles. The quantitative estimate of drug-likeness (QED) is 0.494. The van der Waals surface area contributed by atoms with E-state index in [2.05, 4.69) is 62.0 Å². The predicted octanol–water partition coefficient (Wildman–Crippen LogP) is 5.96. The first-order valence-corrected chi connectivity index (χ1v) is 10.6. The van der Waals surface area contributed by atoms with Crippen molar-refractivity contribution in [2.75, 3.05) is 6.54 Å². The van der Waals surface area contributed by atoms with E-state index in [9.17, 15) is 4.79 Å². The van der Waals surface area contributed by atoms with Gasteiger partial charge < -0.3 is 4.90 Å². The topological polar surface area (TPSA) is 32.7 Å². The fourth-order valence-electron chi connectivity index (χ4n) is 3.32. The van der Waals surface area contributed by atoms with E-state index >= 15 is 0 Å². The number of rotatable bonds is 4. The molecule has 0 saturated carbocycles. The number of ketones is 1. The zero-order valence-electron chi connectivity index (χ0n) is 14.1. The number of carbonyl (C=O) groups is 1. The van der Waals surface area contributed by atoms with Gasteiger partial charge in [-0.2, -0.15) is 0 Å². The van der Waals surface area contributed by atoms with Crippen molar-refractivity contribution in [3.63, 3.8) is 0 Å². The van der Waals surface area contributed by atoms with Gasteiger partial charge in [-0.05, 0) is 36.8 Å². The maximum atomic E-state index is 13.0. The zero-order chi connectivity index (χ0) is 18.3. The highest BCUT2D eigenvalue weighted by molar-refractivity contribution is 9.10. The van der Waals surface area contributed by atoms with Crippen LogP contribution < -0.4 is 0 Å². The van der Waals surface area contributed by atoms with Crippen LogP contribution in [-0.2, 0) is 5.54 Å². The summed E-state index contributed by atoms with van der Waals surface area (Å²) in [6.45, 7) is 2.77. The number of nitrogens with zero attached hydrogens (tertiary/aromatic N) is 2. The van der Waals surface area contributed by atoms with Gasteiger partial charge in [0.1, 0.15) is 5.54 Å². The average Bonchev–Trinajstić information content (AvgIpc) is 3.10. The van der Waals surface area contributed by atoms with E-state index in [0.717, 1.165) is 25.2 Å². The summed E-state index contributed by atoms with van der Waals surface area (Å²) in [5.41, 5.74) is 1.24. The number of Topliss-reactive ketones (excluding diaryl/α,β-unsaturated/α-hetero) is 1. The lowest BCUT2D eigenvalue weighted by Crippen LogP contribution is -2.33. The fraction of sp³-hybridized carbons (Fsp3) is 0.200. The molecule has 0 bridgehead atoms. The van der Waals surface area contributed by atoms with Crippen molar-refractivity contribution in [1.29, 1.82) is 0 Å². The normalized spacial score (nSPS) is 21.4. The molecule has 0 saturated heterocycles. The number of benzene rings is 2. The number of fused-ring (bicyclic) bond motifs is 1. The molecule has 0 radical (unpaired) electrons. The van der Waals surface area contributed by atoms with Crippen molar-refractivity contribution in [3.8, 4) is 0 Å². The highest BCUT2D eigenvalue weighted by Gasteiger charge is 2.44. The van der Waals surface area contributed by atoms with Crippen molar-refractivity contribution in [1.82, 2.24) is 4.90 Å². The molecule has 3 nitrogen and oxygen atoms in total. The molecule has 0 N–H and O–H groups in total. The van der Waals surface area contributed by atoms with Gasteiger partial charge in [0, 0.05) is 32.0 Å². The van der Waals surface area contributed by atoms with E-state index in [0.29, 0.717) is 13.0 Å². The van der Waals surface area contributed by atoms with Gasteiger partial charge in [0.15, 0.2) is 11.0 Å². The number of thioether (sulfide) groups is 1. The minimum absolute atomic E-state index is 0.108. The minimum atomic E-state index is -0.551. The lowest BCUT2D eigenvalue weighted by atomic mass is 9.84. The molecular weight excluding hydrogens is 476 g/mol. The van der Waals surface area contributed by atoms with Crippen LogP contribution in [0.3, 0.4) is 0 Å². The molecule has 1 unspecified atom stereocenters. The van der Waals surface area contributed by atoms with Crippen molar-refractivity contribution >= 4 is 54.6 Å². The lowest BCUT2D eigenvalue weighted by molar-refractivity contribution is 0.0950. The third kappa shape index (κ3) is 3.42. The summed E-state index contributed by atoms with van der Waals surface area (Å²) in [4.78, 5) is 21.4. The van der Waals surface area contributed by atoms with Gasteiger partial charge in [-0.1, -0.05) is 67.9 Å². The van der Waals surface area contributed by atoms with Gasteiger partial charge >= 0.3 is 0 Å². The van der Waals surface area contributed by atoms with Crippen LogP contribution in [0, 0.1) is 0 Å². The van der Waals surface area contributed by atoms with Gasteiger partial charge in [-0.3, -0.25) is 4.79 Å². The van der Waals surface area contributed by atoms with Gasteiger partial charge in [-0.15, -0.1) is 0 Å². The molecule has 0 aromatic heterocycles. The summed E-state index contributed by atoms with van der Waals surface area (Å²) in [6.07, 6.45) is 2.47. The molecule has 0 fully saturated rings. The number of aliphatic imine (C=N–C) groups is 1. The van der Waals surface area contributed by atoms with Gasteiger partial charge in [0.05, 0.1) is 6.54 Å². The average molecular weight is 492 g/mol. The number of allylic oxidation sites excluding steroid dienone is 1. The molecule has 2 aromatic rings. The Hall–Kier alpha value is -1.37. The smallest absolute Gasteiger partial charge is 0.168 e. The van der Waals surface area contributed by atoms with Crippen LogP contribution in [0.1, 0.15) is 29.3 Å². The Kier molecular flexibility index (Phi) is 4.84. The first-order chi connectivity index (χ1) is 12.4. The van der Waals surface area contributed by atoms with Crippen LogP contribution in [0.15, 0.2) is 73.6 Å². The van der Waals surface area contributed by atoms with E-state index in [1.807, 2.05) is 36.4 Å². The van der Waals surface area contributed by atoms with Gasteiger partial charge in [-0.25, -0.2) is 4.99 Å². The number of carbonyl (C=O) groups excluding carboxylic acids is 1. The monoisotopic (exact) mass is 490 g/mol. The molecule has 26 heavy (non-hydrogen) atoms. The predicted molar refractivity (Wildman–Crippen MR) is 114 cm³/mol. The first kappa shape index (κ1) is 18.0. The summed E-state index contributed by atoms with van der Waals surface area (Å²) >= 11 is 8.58. The fourth-order valence-corrected chi connectivity index (χ4v) is 4.77. The molecule has 0 spiro atoms. The molecule has 0 amide bonds. The van der Waals surface area contributed by atoms with E-state index in [4.69, 9.17) is 4.99 Å². The van der Waals surface area contributed by atoms with Crippen LogP contribution in [0.2, 0.25) is 0 Å². The Morgan fingerprint density at radius 1 is 1.12 bits per heavy atom. The molecule has 2 heterocycles. The zero-order valence-corrected chi connectivity index (χ0v) is 18.1. The maximum Gasteiger partial charge on any atom is 0.168 e. The number of hydrogen-bond donors (Lipinski definition) is 0. The summed E-state index contributed by atoms with van der Waals surface area (Å²) in [5.74, 6) is 0.108. The molecule has 4 rings (SSSR count). The van der Waals surface area contributed by atoms with Gasteiger partial charge in [0.2, 0.25) is 0 Å². The molecule has 2 aliphatic heterocycles. The molecule has 2 aliphatic rings. The van der Waals surface area contributed by atoms with Crippen molar-refractivity contribution in [2.24, 2.45) is 4.99 Å². The van der Waals surface area contributed by atoms with Crippen LogP contribution in [0.5, 0.6) is 0 Å². The first-order valence-electron chi connectivity index (χ1n) is 8.23. The van der Waals surface area contributed by atoms with E-state index in [1.165, 1.54) is 4.91 Å². The number of halogens is 2. The van der Waals surface area contributed by atoms with Crippen molar-refractivity contribution in [3.05, 3.63) is 79.7 Å². The Labute approximate surface area is 173 Å². The molecule has 2 aromatic carbocycles. The van der Waals surface area contributed by atoms with Crippen LogP contribution in [0.4, 0.5) is 0 Å². The van der Waals surface area contributed by atoms with Crippen molar-refractivity contribution < 1.29 is 4.79 Å². The summed E-state index contributed by atoms with van der Waals surface area (Å²) in [6, 6.07) is 15.7. The summed E-state index contributed by atoms with van der Waals surface area (Å²) in [5, 5.41) is 0.981. The second-order valence-corrected chi connectivity index (χ2v) is 9.55. The Morgan fingerprint density at radius 3 is 2.35 bits per heavy atom. The van der Waals surface area contributed by atoms with E-state index in [1.54, 1.807) is 11.8 Å². The largest absolute Gasteiger partial charge is 0.324 e. The lowest BCUT2D eigenvalue weighted by Gasteiger charge is -2.27. The number of hydrogen-bond acceptors (Lipinski definition) is 4. The molecular formula is C20H16Br2N2OS. The SMILES string of the molecule is CC1=CN2CC(CC(=O)c3ccc(Br)cc3)(c3ccc(Br)cc3)N=C2S1. The Balaban J connectivity index is 1.69. The molecule has 1 atom stereocenters. The third-order valence-electron chi connectivity index (χ3n) is 4.58. The van der Waals surface area contributed by atoms with Crippen molar-refractivity contribution in [2.45, 2.75) is 18.9 Å². The Bertz CT molecular complexity index is 922. The maximum absolute atomic E-state index is 13.0. The Morgan fingerprint density at radius 2 is 1.73 bits per heavy atom. The van der Waals surface area contributed by atoms with Crippen LogP contribution in [-0.4, -0.2) is 22.4 Å². The third-order valence-corrected chi connectivity index (χ3v) is 6.57. The van der Waals surface area contributed by atoms with E-state index in [-0.39, 0.29) is 5.78 Å². The highest BCUT2D eigenvalue weighted by atomic mass is 79.9. The summed E-state index contributed by atoms with van der Waals surface area (Å²) in [7, 11) is 0.